The molecule has 0 fully saturated rings. The minimum atomic E-state index is 0.624. The van der Waals surface area contributed by atoms with E-state index >= 15 is 0 Å². The van der Waals surface area contributed by atoms with Gasteiger partial charge in [-0.15, -0.1) is 0 Å². The maximum Gasteiger partial charge on any atom is 0.214 e. The van der Waals surface area contributed by atoms with E-state index in [9.17, 15) is 0 Å². The Bertz CT molecular complexity index is 424. The second kappa shape index (κ2) is 3.18. The molecule has 0 unspecified atom stereocenters. The molecule has 2 aromatic rings. The van der Waals surface area contributed by atoms with E-state index in [0.29, 0.717) is 5.88 Å². The number of hydrogen-bond acceptors (Lipinski definition) is 5. The van der Waals surface area contributed by atoms with E-state index in [1.165, 1.54) is 11.3 Å². The van der Waals surface area contributed by atoms with Gasteiger partial charge in [0, 0.05) is 13.1 Å². The highest BCUT2D eigenvalue weighted by Crippen LogP contribution is 2.25. The van der Waals surface area contributed by atoms with Crippen LogP contribution in [-0.2, 0) is 0 Å². The van der Waals surface area contributed by atoms with Gasteiger partial charge in [0.2, 0.25) is 5.88 Å². The first-order valence-corrected chi connectivity index (χ1v) is 4.64. The number of nitrogens with one attached hydrogen (secondary N) is 1. The van der Waals surface area contributed by atoms with Crippen molar-refractivity contribution in [2.24, 2.45) is 0 Å². The Morgan fingerprint density at radius 2 is 2.23 bits per heavy atom. The number of aromatic nitrogens is 2. The molecular formula is C8H9N3OS. The van der Waals surface area contributed by atoms with Crippen LogP contribution in [0.15, 0.2) is 12.1 Å². The number of ether oxygens (including phenoxy) is 1. The summed E-state index contributed by atoms with van der Waals surface area (Å²) in [6.45, 7) is 0. The summed E-state index contributed by atoms with van der Waals surface area (Å²) in [6, 6.07) is 3.71. The fourth-order valence-corrected chi connectivity index (χ4v) is 1.80. The molecule has 0 aromatic carbocycles. The van der Waals surface area contributed by atoms with Gasteiger partial charge < -0.3 is 10.1 Å². The van der Waals surface area contributed by atoms with Gasteiger partial charge in [0.15, 0.2) is 5.13 Å². The van der Waals surface area contributed by atoms with Gasteiger partial charge >= 0.3 is 0 Å². The van der Waals surface area contributed by atoms with E-state index in [2.05, 4.69) is 15.3 Å². The summed E-state index contributed by atoms with van der Waals surface area (Å²) in [5, 5.41) is 3.85. The van der Waals surface area contributed by atoms with E-state index in [0.717, 1.165) is 15.5 Å². The Kier molecular flexibility index (Phi) is 2.02. The number of hydrogen-bond donors (Lipinski definition) is 1. The minimum absolute atomic E-state index is 0.624. The summed E-state index contributed by atoms with van der Waals surface area (Å²) in [5.74, 6) is 0.624. The standard InChI is InChI=1S/C8H9N3OS/c1-9-8-10-5-3-4-6(12-2)11-7(5)13-8/h3-4H,1-2H3,(H,9,10). The van der Waals surface area contributed by atoms with Crippen molar-refractivity contribution in [2.45, 2.75) is 0 Å². The van der Waals surface area contributed by atoms with Gasteiger partial charge in [0.05, 0.1) is 7.11 Å². The van der Waals surface area contributed by atoms with Crippen LogP contribution in [-0.4, -0.2) is 24.1 Å². The van der Waals surface area contributed by atoms with Crippen molar-refractivity contribution in [3.8, 4) is 5.88 Å². The van der Waals surface area contributed by atoms with Crippen molar-refractivity contribution in [3.05, 3.63) is 12.1 Å². The number of fused-ring (bicyclic) bond motifs is 1. The monoisotopic (exact) mass is 195 g/mol. The molecule has 0 atom stereocenters. The number of rotatable bonds is 2. The Morgan fingerprint density at radius 1 is 1.38 bits per heavy atom. The van der Waals surface area contributed by atoms with Gasteiger partial charge in [-0.3, -0.25) is 0 Å². The first kappa shape index (κ1) is 8.25. The van der Waals surface area contributed by atoms with Gasteiger partial charge in [0.25, 0.3) is 0 Å². The summed E-state index contributed by atoms with van der Waals surface area (Å²) in [7, 11) is 3.45. The zero-order valence-electron chi connectivity index (χ0n) is 7.37. The molecule has 2 heterocycles. The first-order valence-electron chi connectivity index (χ1n) is 3.83. The molecule has 68 valence electrons. The molecule has 0 radical (unpaired) electrons. The topological polar surface area (TPSA) is 47.0 Å². The molecule has 2 aromatic heterocycles. The van der Waals surface area contributed by atoms with Crippen LogP contribution in [0, 0.1) is 0 Å². The highest BCUT2D eigenvalue weighted by molar-refractivity contribution is 7.21. The summed E-state index contributed by atoms with van der Waals surface area (Å²) in [5.41, 5.74) is 0.898. The second-order valence-corrected chi connectivity index (χ2v) is 3.42. The van der Waals surface area contributed by atoms with Crippen LogP contribution in [0.2, 0.25) is 0 Å². The average Bonchev–Trinajstić information content (AvgIpc) is 2.58. The van der Waals surface area contributed by atoms with Gasteiger partial charge in [-0.25, -0.2) is 9.97 Å². The number of methoxy groups -OCH3 is 1. The van der Waals surface area contributed by atoms with Crippen LogP contribution >= 0.6 is 11.3 Å². The lowest BCUT2D eigenvalue weighted by Gasteiger charge is -1.94. The first-order chi connectivity index (χ1) is 6.33. The van der Waals surface area contributed by atoms with Crippen molar-refractivity contribution in [2.75, 3.05) is 19.5 Å². The number of nitrogens with zero attached hydrogens (tertiary/aromatic N) is 2. The van der Waals surface area contributed by atoms with Crippen molar-refractivity contribution in [1.29, 1.82) is 0 Å². The van der Waals surface area contributed by atoms with Crippen molar-refractivity contribution >= 4 is 26.8 Å². The molecule has 2 rings (SSSR count). The lowest BCUT2D eigenvalue weighted by atomic mass is 10.4. The van der Waals surface area contributed by atoms with E-state index in [4.69, 9.17) is 4.74 Å². The zero-order valence-corrected chi connectivity index (χ0v) is 8.18. The second-order valence-electron chi connectivity index (χ2n) is 2.45. The Labute approximate surface area is 79.6 Å². The molecule has 0 saturated heterocycles. The minimum Gasteiger partial charge on any atom is -0.481 e. The predicted molar refractivity (Wildman–Crippen MR) is 53.5 cm³/mol. The summed E-state index contributed by atoms with van der Waals surface area (Å²) < 4.78 is 5.01. The Hall–Kier alpha value is -1.36. The van der Waals surface area contributed by atoms with E-state index in [1.807, 2.05) is 19.2 Å². The van der Waals surface area contributed by atoms with E-state index < -0.39 is 0 Å². The van der Waals surface area contributed by atoms with E-state index in [1.54, 1.807) is 7.11 Å². The summed E-state index contributed by atoms with van der Waals surface area (Å²) in [6.07, 6.45) is 0. The molecule has 0 bridgehead atoms. The zero-order chi connectivity index (χ0) is 9.26. The van der Waals surface area contributed by atoms with Crippen molar-refractivity contribution < 1.29 is 4.74 Å². The van der Waals surface area contributed by atoms with Crippen LogP contribution in [0.25, 0.3) is 10.3 Å². The normalized spacial score (nSPS) is 10.3. The third-order valence-corrected chi connectivity index (χ3v) is 2.64. The SMILES string of the molecule is CNc1nc2ccc(OC)nc2s1. The van der Waals surface area contributed by atoms with Gasteiger partial charge in [-0.2, -0.15) is 0 Å². The van der Waals surface area contributed by atoms with Gasteiger partial charge in [0.1, 0.15) is 10.3 Å². The predicted octanol–water partition coefficient (Wildman–Crippen LogP) is 1.74. The van der Waals surface area contributed by atoms with Gasteiger partial charge in [-0.1, -0.05) is 11.3 Å². The van der Waals surface area contributed by atoms with Crippen molar-refractivity contribution in [1.82, 2.24) is 9.97 Å². The largest absolute Gasteiger partial charge is 0.481 e. The van der Waals surface area contributed by atoms with Crippen LogP contribution in [0.5, 0.6) is 5.88 Å². The lowest BCUT2D eigenvalue weighted by Crippen LogP contribution is -1.85. The lowest BCUT2D eigenvalue weighted by molar-refractivity contribution is 0.400. The Balaban J connectivity index is 2.57. The molecule has 0 spiro atoms. The molecule has 13 heavy (non-hydrogen) atoms. The van der Waals surface area contributed by atoms with Crippen molar-refractivity contribution in [3.63, 3.8) is 0 Å². The van der Waals surface area contributed by atoms with Gasteiger partial charge in [-0.05, 0) is 6.07 Å². The maximum absolute atomic E-state index is 5.01. The third kappa shape index (κ3) is 1.42. The van der Waals surface area contributed by atoms with Crippen LogP contribution in [0.1, 0.15) is 0 Å². The molecular weight excluding hydrogens is 186 g/mol. The number of anilines is 1. The Morgan fingerprint density at radius 3 is 2.92 bits per heavy atom. The molecule has 0 aliphatic rings. The smallest absolute Gasteiger partial charge is 0.214 e. The summed E-state index contributed by atoms with van der Waals surface area (Å²) in [4.78, 5) is 9.44. The van der Waals surface area contributed by atoms with Crippen LogP contribution in [0.4, 0.5) is 5.13 Å². The fraction of sp³-hybridized carbons (Fsp3) is 0.250. The molecule has 0 aliphatic heterocycles. The highest BCUT2D eigenvalue weighted by atomic mass is 32.1. The molecule has 0 saturated carbocycles. The number of thiazole rings is 1. The molecule has 4 nitrogen and oxygen atoms in total. The van der Waals surface area contributed by atoms with Crippen LogP contribution in [0.3, 0.4) is 0 Å². The van der Waals surface area contributed by atoms with Crippen LogP contribution < -0.4 is 10.1 Å². The highest BCUT2D eigenvalue weighted by Gasteiger charge is 2.04. The maximum atomic E-state index is 5.01. The molecule has 5 heteroatoms. The fourth-order valence-electron chi connectivity index (χ4n) is 1.02. The molecule has 1 N–H and O–H groups in total. The molecule has 0 amide bonds. The third-order valence-electron chi connectivity index (χ3n) is 1.65. The average molecular weight is 195 g/mol. The summed E-state index contributed by atoms with van der Waals surface area (Å²) >= 11 is 1.51. The molecule has 0 aliphatic carbocycles. The van der Waals surface area contributed by atoms with E-state index in [-0.39, 0.29) is 0 Å². The quantitative estimate of drug-likeness (QED) is 0.793. The number of pyridine rings is 1.